The van der Waals surface area contributed by atoms with Gasteiger partial charge < -0.3 is 11.1 Å². The molecule has 0 spiro atoms. The molecule has 0 bridgehead atoms. The van der Waals surface area contributed by atoms with Crippen LogP contribution < -0.4 is 11.1 Å². The van der Waals surface area contributed by atoms with Crippen LogP contribution in [0.15, 0.2) is 35.7 Å². The van der Waals surface area contributed by atoms with Gasteiger partial charge in [-0.2, -0.15) is 0 Å². The Kier molecular flexibility index (Phi) is 4.46. The molecule has 2 unspecified atom stereocenters. The molecule has 0 fully saturated rings. The smallest absolute Gasteiger partial charge is 0.242 e. The summed E-state index contributed by atoms with van der Waals surface area (Å²) in [4.78, 5) is 12.7. The molecule has 1 amide bonds. The number of nitrogens with two attached hydrogens (primary N) is 1. The summed E-state index contributed by atoms with van der Waals surface area (Å²) in [5.41, 5.74) is 6.04. The second kappa shape index (κ2) is 6.11. The maximum absolute atomic E-state index is 13.6. The van der Waals surface area contributed by atoms with Gasteiger partial charge in [0.05, 0.1) is 6.04 Å². The zero-order valence-corrected chi connectivity index (χ0v) is 11.6. The van der Waals surface area contributed by atoms with Gasteiger partial charge in [-0.1, -0.05) is 12.1 Å². The second-order valence-corrected chi connectivity index (χ2v) is 5.37. The number of rotatable bonds is 4. The molecule has 1 aromatic heterocycles. The van der Waals surface area contributed by atoms with Crippen LogP contribution in [0, 0.1) is 11.6 Å². The molecule has 2 atom stereocenters. The number of hydrogen-bond acceptors (Lipinski definition) is 3. The molecule has 3 nitrogen and oxygen atoms in total. The Bertz CT molecular complexity index is 601. The number of nitrogens with one attached hydrogen (secondary N) is 1. The first-order valence-electron chi connectivity index (χ1n) is 6.03. The highest BCUT2D eigenvalue weighted by molar-refractivity contribution is 7.10. The molecule has 2 rings (SSSR count). The van der Waals surface area contributed by atoms with Crippen molar-refractivity contribution in [3.8, 4) is 0 Å². The molecule has 1 heterocycles. The van der Waals surface area contributed by atoms with Crippen LogP contribution in [0.1, 0.15) is 29.4 Å². The summed E-state index contributed by atoms with van der Waals surface area (Å²) in [5, 5.41) is 4.45. The van der Waals surface area contributed by atoms with Crippen molar-refractivity contribution >= 4 is 17.2 Å². The van der Waals surface area contributed by atoms with Crippen molar-refractivity contribution in [2.24, 2.45) is 5.73 Å². The molecule has 0 aliphatic carbocycles. The molecule has 0 aliphatic heterocycles. The van der Waals surface area contributed by atoms with E-state index in [0.29, 0.717) is 0 Å². The summed E-state index contributed by atoms with van der Waals surface area (Å²) in [6.07, 6.45) is 0. The zero-order chi connectivity index (χ0) is 14.7. The minimum atomic E-state index is -0.791. The highest BCUT2D eigenvalue weighted by Crippen LogP contribution is 2.20. The van der Waals surface area contributed by atoms with Crippen LogP contribution in [-0.4, -0.2) is 5.91 Å². The van der Waals surface area contributed by atoms with E-state index in [2.05, 4.69) is 5.32 Å². The van der Waals surface area contributed by atoms with E-state index in [4.69, 9.17) is 5.73 Å². The average molecular weight is 296 g/mol. The molecule has 0 radical (unpaired) electrons. The van der Waals surface area contributed by atoms with Gasteiger partial charge in [-0.3, -0.25) is 4.79 Å². The van der Waals surface area contributed by atoms with E-state index < -0.39 is 29.6 Å². The second-order valence-electron chi connectivity index (χ2n) is 4.39. The van der Waals surface area contributed by atoms with Gasteiger partial charge in [0.1, 0.15) is 17.7 Å². The topological polar surface area (TPSA) is 55.1 Å². The Morgan fingerprint density at radius 1 is 1.35 bits per heavy atom. The Morgan fingerprint density at radius 2 is 2.10 bits per heavy atom. The third-order valence-electron chi connectivity index (χ3n) is 2.92. The van der Waals surface area contributed by atoms with Crippen LogP contribution in [0.25, 0.3) is 0 Å². The number of halogens is 2. The normalized spacial score (nSPS) is 13.8. The number of hydrogen-bond donors (Lipinski definition) is 2. The summed E-state index contributed by atoms with van der Waals surface area (Å²) in [6.45, 7) is 1.62. The molecular weight excluding hydrogens is 282 g/mol. The van der Waals surface area contributed by atoms with Gasteiger partial charge in [0.15, 0.2) is 0 Å². The zero-order valence-electron chi connectivity index (χ0n) is 10.8. The summed E-state index contributed by atoms with van der Waals surface area (Å²) < 4.78 is 26.4. The van der Waals surface area contributed by atoms with Gasteiger partial charge in [-0.05, 0) is 24.4 Å². The minimum Gasteiger partial charge on any atom is -0.348 e. The predicted molar refractivity (Wildman–Crippen MR) is 74.2 cm³/mol. The molecule has 106 valence electrons. The predicted octanol–water partition coefficient (Wildman–Crippen LogP) is 2.90. The van der Waals surface area contributed by atoms with E-state index in [1.54, 1.807) is 19.1 Å². The summed E-state index contributed by atoms with van der Waals surface area (Å²) in [6, 6.07) is 5.44. The van der Waals surface area contributed by atoms with Crippen LogP contribution in [-0.2, 0) is 4.79 Å². The monoisotopic (exact) mass is 296 g/mol. The van der Waals surface area contributed by atoms with Crippen molar-refractivity contribution in [3.63, 3.8) is 0 Å². The lowest BCUT2D eigenvalue weighted by molar-refractivity contribution is -0.123. The molecule has 2 aromatic rings. The lowest BCUT2D eigenvalue weighted by Crippen LogP contribution is -2.35. The van der Waals surface area contributed by atoms with E-state index >= 15 is 0 Å². The van der Waals surface area contributed by atoms with E-state index in [9.17, 15) is 13.6 Å². The number of benzene rings is 1. The number of thiophene rings is 1. The van der Waals surface area contributed by atoms with Crippen molar-refractivity contribution < 1.29 is 13.6 Å². The first-order valence-corrected chi connectivity index (χ1v) is 6.91. The fraction of sp³-hybridized carbons (Fsp3) is 0.214. The Labute approximate surface area is 119 Å². The van der Waals surface area contributed by atoms with E-state index in [1.807, 2.05) is 5.38 Å². The molecule has 20 heavy (non-hydrogen) atoms. The maximum Gasteiger partial charge on any atom is 0.242 e. The average Bonchev–Trinajstić information content (AvgIpc) is 2.91. The highest BCUT2D eigenvalue weighted by atomic mass is 32.1. The Hall–Kier alpha value is -1.79. The van der Waals surface area contributed by atoms with Crippen molar-refractivity contribution in [1.82, 2.24) is 5.32 Å². The van der Waals surface area contributed by atoms with Crippen LogP contribution in [0.2, 0.25) is 0 Å². The van der Waals surface area contributed by atoms with Crippen molar-refractivity contribution in [1.29, 1.82) is 0 Å². The van der Waals surface area contributed by atoms with Crippen molar-refractivity contribution in [3.05, 3.63) is 57.8 Å². The lowest BCUT2D eigenvalue weighted by atomic mass is 10.1. The molecule has 0 saturated carbocycles. The lowest BCUT2D eigenvalue weighted by Gasteiger charge is -2.17. The Balaban J connectivity index is 2.07. The van der Waals surface area contributed by atoms with Gasteiger partial charge in [0, 0.05) is 16.5 Å². The number of amides is 1. The molecule has 0 aliphatic rings. The van der Waals surface area contributed by atoms with Crippen LogP contribution >= 0.6 is 11.3 Å². The molecular formula is C14H14F2N2OS. The largest absolute Gasteiger partial charge is 0.348 e. The third-order valence-corrected chi connectivity index (χ3v) is 3.88. The van der Waals surface area contributed by atoms with Crippen molar-refractivity contribution in [2.75, 3.05) is 0 Å². The van der Waals surface area contributed by atoms with Crippen LogP contribution in [0.3, 0.4) is 0 Å². The van der Waals surface area contributed by atoms with Crippen LogP contribution in [0.5, 0.6) is 0 Å². The third kappa shape index (κ3) is 3.20. The van der Waals surface area contributed by atoms with Gasteiger partial charge in [0.2, 0.25) is 5.91 Å². The first-order chi connectivity index (χ1) is 9.49. The van der Waals surface area contributed by atoms with Crippen LogP contribution in [0.4, 0.5) is 8.78 Å². The van der Waals surface area contributed by atoms with E-state index in [1.165, 1.54) is 17.4 Å². The Morgan fingerprint density at radius 3 is 2.70 bits per heavy atom. The van der Waals surface area contributed by atoms with E-state index in [-0.39, 0.29) is 5.56 Å². The van der Waals surface area contributed by atoms with Gasteiger partial charge >= 0.3 is 0 Å². The summed E-state index contributed by atoms with van der Waals surface area (Å²) in [5.74, 6) is -1.74. The highest BCUT2D eigenvalue weighted by Gasteiger charge is 2.20. The summed E-state index contributed by atoms with van der Waals surface area (Å²) in [7, 11) is 0. The fourth-order valence-corrected chi connectivity index (χ4v) is 2.56. The first kappa shape index (κ1) is 14.6. The number of carbonyl (C=O) groups is 1. The maximum atomic E-state index is 13.6. The number of carbonyl (C=O) groups excluding carboxylic acids is 1. The van der Waals surface area contributed by atoms with E-state index in [0.717, 1.165) is 17.0 Å². The standard InChI is InChI=1S/C14H14F2N2OS/c1-8(10-5-4-9(15)7-11(10)16)18-14(19)13(17)12-3-2-6-20-12/h2-8,13H,17H2,1H3,(H,18,19). The van der Waals surface area contributed by atoms with Gasteiger partial charge in [-0.15, -0.1) is 11.3 Å². The molecule has 3 N–H and O–H groups in total. The minimum absolute atomic E-state index is 0.220. The SMILES string of the molecule is CC(NC(=O)C(N)c1cccs1)c1ccc(F)cc1F. The summed E-state index contributed by atoms with van der Waals surface area (Å²) >= 11 is 1.38. The van der Waals surface area contributed by atoms with Crippen molar-refractivity contribution in [2.45, 2.75) is 19.0 Å². The molecule has 1 aromatic carbocycles. The molecule has 6 heteroatoms. The fourth-order valence-electron chi connectivity index (χ4n) is 1.83. The van der Waals surface area contributed by atoms with Gasteiger partial charge in [0.25, 0.3) is 0 Å². The molecule has 0 saturated heterocycles. The quantitative estimate of drug-likeness (QED) is 0.911. The van der Waals surface area contributed by atoms with Gasteiger partial charge in [-0.25, -0.2) is 8.78 Å².